The van der Waals surface area contributed by atoms with Gasteiger partial charge in [-0.05, 0) is 37.5 Å². The monoisotopic (exact) mass is 312 g/mol. The van der Waals surface area contributed by atoms with Gasteiger partial charge in [0.2, 0.25) is 0 Å². The summed E-state index contributed by atoms with van der Waals surface area (Å²) in [6, 6.07) is 7.88. The van der Waals surface area contributed by atoms with Crippen molar-refractivity contribution in [2.24, 2.45) is 5.92 Å². The molecule has 1 aromatic carbocycles. The molecule has 0 aliphatic heterocycles. The van der Waals surface area contributed by atoms with Crippen LogP contribution in [-0.2, 0) is 0 Å². The van der Waals surface area contributed by atoms with Gasteiger partial charge in [-0.15, -0.1) is 0 Å². The highest BCUT2D eigenvalue weighted by atomic mass is 16.2. The third-order valence-electron chi connectivity index (χ3n) is 3.44. The zero-order valence-corrected chi connectivity index (χ0v) is 14.2. The first kappa shape index (κ1) is 16.9. The summed E-state index contributed by atoms with van der Waals surface area (Å²) in [5.74, 6) is 1.07. The Labute approximate surface area is 137 Å². The van der Waals surface area contributed by atoms with Crippen molar-refractivity contribution in [1.82, 2.24) is 9.97 Å². The fourth-order valence-electron chi connectivity index (χ4n) is 2.22. The average molecular weight is 312 g/mol. The van der Waals surface area contributed by atoms with E-state index < -0.39 is 0 Å². The van der Waals surface area contributed by atoms with Gasteiger partial charge in [0, 0.05) is 18.8 Å². The molecule has 0 spiro atoms. The zero-order chi connectivity index (χ0) is 16.8. The van der Waals surface area contributed by atoms with E-state index in [1.807, 2.05) is 38.1 Å². The number of nitrogens with zero attached hydrogens (tertiary/aromatic N) is 3. The summed E-state index contributed by atoms with van der Waals surface area (Å²) in [7, 11) is 0. The van der Waals surface area contributed by atoms with Gasteiger partial charge >= 0.3 is 0 Å². The number of carbonyl (C=O) groups is 1. The smallest absolute Gasteiger partial charge is 0.278 e. The molecule has 1 heterocycles. The Balaban J connectivity index is 2.14. The van der Waals surface area contributed by atoms with Crippen molar-refractivity contribution in [2.75, 3.05) is 23.3 Å². The fourth-order valence-corrected chi connectivity index (χ4v) is 2.22. The average Bonchev–Trinajstić information content (AvgIpc) is 2.54. The highest BCUT2D eigenvalue weighted by Crippen LogP contribution is 2.18. The molecule has 1 amide bonds. The van der Waals surface area contributed by atoms with Crippen molar-refractivity contribution in [2.45, 2.75) is 27.7 Å². The zero-order valence-electron chi connectivity index (χ0n) is 14.2. The third-order valence-corrected chi connectivity index (χ3v) is 3.44. The second kappa shape index (κ2) is 7.72. The SMILES string of the molecule is CCN(C(=O)c1cnc(NCC(C)C)cn1)c1cccc(C)c1. The van der Waals surface area contributed by atoms with Crippen LogP contribution in [-0.4, -0.2) is 29.0 Å². The van der Waals surface area contributed by atoms with Crippen molar-refractivity contribution >= 4 is 17.4 Å². The third kappa shape index (κ3) is 4.52. The lowest BCUT2D eigenvalue weighted by Crippen LogP contribution is -2.31. The largest absolute Gasteiger partial charge is 0.369 e. The molecule has 0 aliphatic rings. The van der Waals surface area contributed by atoms with Crippen LogP contribution in [0.4, 0.5) is 11.5 Å². The van der Waals surface area contributed by atoms with Crippen LogP contribution in [0.1, 0.15) is 36.8 Å². The fraction of sp³-hybridized carbons (Fsp3) is 0.389. The van der Waals surface area contributed by atoms with Crippen molar-refractivity contribution in [3.8, 4) is 0 Å². The molecule has 0 fully saturated rings. The van der Waals surface area contributed by atoms with Gasteiger partial charge in [0.1, 0.15) is 11.5 Å². The molecule has 0 unspecified atom stereocenters. The summed E-state index contributed by atoms with van der Waals surface area (Å²) in [5, 5.41) is 3.19. The van der Waals surface area contributed by atoms with E-state index in [9.17, 15) is 4.79 Å². The molecular weight excluding hydrogens is 288 g/mol. The Bertz CT molecular complexity index is 652. The number of nitrogens with one attached hydrogen (secondary N) is 1. The van der Waals surface area contributed by atoms with Crippen LogP contribution in [0.3, 0.4) is 0 Å². The van der Waals surface area contributed by atoms with Crippen molar-refractivity contribution in [3.63, 3.8) is 0 Å². The van der Waals surface area contributed by atoms with E-state index in [-0.39, 0.29) is 5.91 Å². The lowest BCUT2D eigenvalue weighted by atomic mass is 10.2. The molecule has 122 valence electrons. The number of rotatable bonds is 6. The second-order valence-corrected chi connectivity index (χ2v) is 5.95. The topological polar surface area (TPSA) is 58.1 Å². The van der Waals surface area contributed by atoms with Gasteiger partial charge in [0.25, 0.3) is 5.91 Å². The first-order valence-corrected chi connectivity index (χ1v) is 7.95. The Hall–Kier alpha value is -2.43. The maximum Gasteiger partial charge on any atom is 0.278 e. The summed E-state index contributed by atoms with van der Waals surface area (Å²) in [5.41, 5.74) is 2.35. The van der Waals surface area contributed by atoms with E-state index in [1.54, 1.807) is 11.1 Å². The van der Waals surface area contributed by atoms with Crippen LogP contribution in [0.25, 0.3) is 0 Å². The lowest BCUT2D eigenvalue weighted by Gasteiger charge is -2.21. The van der Waals surface area contributed by atoms with Crippen LogP contribution < -0.4 is 10.2 Å². The van der Waals surface area contributed by atoms with Gasteiger partial charge in [-0.25, -0.2) is 9.97 Å². The summed E-state index contributed by atoms with van der Waals surface area (Å²) in [6.45, 7) is 9.62. The van der Waals surface area contributed by atoms with Crippen LogP contribution >= 0.6 is 0 Å². The van der Waals surface area contributed by atoms with Crippen LogP contribution in [0.15, 0.2) is 36.7 Å². The maximum absolute atomic E-state index is 12.7. The Morgan fingerprint density at radius 3 is 2.61 bits per heavy atom. The number of aromatic nitrogens is 2. The molecule has 2 rings (SSSR count). The number of aryl methyl sites for hydroxylation is 1. The lowest BCUT2D eigenvalue weighted by molar-refractivity contribution is 0.0983. The normalized spacial score (nSPS) is 10.7. The maximum atomic E-state index is 12.7. The molecule has 0 saturated heterocycles. The highest BCUT2D eigenvalue weighted by Gasteiger charge is 2.17. The molecule has 0 bridgehead atoms. The molecule has 0 saturated carbocycles. The van der Waals surface area contributed by atoms with Crippen LogP contribution in [0, 0.1) is 12.8 Å². The van der Waals surface area contributed by atoms with Gasteiger partial charge in [-0.3, -0.25) is 4.79 Å². The number of hydrogen-bond acceptors (Lipinski definition) is 4. The van der Waals surface area contributed by atoms with Crippen molar-refractivity contribution in [1.29, 1.82) is 0 Å². The number of anilines is 2. The molecule has 0 atom stereocenters. The minimum Gasteiger partial charge on any atom is -0.369 e. The summed E-state index contributed by atoms with van der Waals surface area (Å²) >= 11 is 0. The second-order valence-electron chi connectivity index (χ2n) is 5.95. The summed E-state index contributed by atoms with van der Waals surface area (Å²) < 4.78 is 0. The molecule has 1 aromatic heterocycles. The van der Waals surface area contributed by atoms with Gasteiger partial charge in [0.05, 0.1) is 12.4 Å². The standard InChI is InChI=1S/C18H24N4O/c1-5-22(15-8-6-7-14(4)9-15)18(23)16-11-21-17(12-19-16)20-10-13(2)3/h6-9,11-13H,5,10H2,1-4H3,(H,20,21). The molecule has 23 heavy (non-hydrogen) atoms. The number of carbonyl (C=O) groups excluding carboxylic acids is 1. The molecule has 0 aliphatic carbocycles. The van der Waals surface area contributed by atoms with Gasteiger partial charge in [-0.2, -0.15) is 0 Å². The Kier molecular flexibility index (Phi) is 5.68. The number of benzene rings is 1. The molecule has 1 N–H and O–H groups in total. The van der Waals surface area contributed by atoms with E-state index >= 15 is 0 Å². The van der Waals surface area contributed by atoms with Crippen molar-refractivity contribution < 1.29 is 4.79 Å². The van der Waals surface area contributed by atoms with Gasteiger partial charge < -0.3 is 10.2 Å². The van der Waals surface area contributed by atoms with Crippen molar-refractivity contribution in [3.05, 3.63) is 47.9 Å². The predicted octanol–water partition coefficient (Wildman–Crippen LogP) is 3.52. The van der Waals surface area contributed by atoms with Gasteiger partial charge in [0.15, 0.2) is 0 Å². The number of amides is 1. The first-order chi connectivity index (χ1) is 11.0. The van der Waals surface area contributed by atoms with E-state index in [4.69, 9.17) is 0 Å². The predicted molar refractivity (Wildman–Crippen MR) is 93.9 cm³/mol. The Morgan fingerprint density at radius 1 is 1.26 bits per heavy atom. The Morgan fingerprint density at radius 2 is 2.04 bits per heavy atom. The molecular formula is C18H24N4O. The van der Waals surface area contributed by atoms with E-state index in [2.05, 4.69) is 29.1 Å². The minimum atomic E-state index is -0.138. The highest BCUT2D eigenvalue weighted by molar-refractivity contribution is 6.04. The minimum absolute atomic E-state index is 0.138. The van der Waals surface area contributed by atoms with Crippen LogP contribution in [0.2, 0.25) is 0 Å². The molecule has 2 aromatic rings. The molecule has 5 heteroatoms. The summed E-state index contributed by atoms with van der Waals surface area (Å²) in [4.78, 5) is 22.9. The number of hydrogen-bond donors (Lipinski definition) is 1. The quantitative estimate of drug-likeness (QED) is 0.886. The molecule has 0 radical (unpaired) electrons. The van der Waals surface area contributed by atoms with E-state index in [0.717, 1.165) is 17.8 Å². The van der Waals surface area contributed by atoms with E-state index in [0.29, 0.717) is 24.0 Å². The first-order valence-electron chi connectivity index (χ1n) is 7.95. The summed E-state index contributed by atoms with van der Waals surface area (Å²) in [6.07, 6.45) is 3.14. The molecule has 5 nitrogen and oxygen atoms in total. The van der Waals surface area contributed by atoms with Crippen LogP contribution in [0.5, 0.6) is 0 Å². The van der Waals surface area contributed by atoms with E-state index in [1.165, 1.54) is 6.20 Å². The van der Waals surface area contributed by atoms with Gasteiger partial charge in [-0.1, -0.05) is 26.0 Å².